The average molecular weight is 392 g/mol. The first kappa shape index (κ1) is 18.0. The smallest absolute Gasteiger partial charge is 0.254 e. The van der Waals surface area contributed by atoms with E-state index in [-0.39, 0.29) is 17.9 Å². The maximum Gasteiger partial charge on any atom is 0.254 e. The molecule has 0 N–H and O–H groups in total. The molecule has 2 aromatic carbocycles. The number of hydrogen-bond acceptors (Lipinski definition) is 4. The monoisotopic (exact) mass is 392 g/mol. The van der Waals surface area contributed by atoms with Crippen LogP contribution in [-0.4, -0.2) is 43.0 Å². The molecule has 3 heterocycles. The first-order chi connectivity index (χ1) is 14.1. The maximum atomic E-state index is 13.3. The van der Waals surface area contributed by atoms with Crippen molar-refractivity contribution < 1.29 is 19.1 Å². The molecule has 1 saturated heterocycles. The minimum atomic E-state index is 0.0419. The van der Waals surface area contributed by atoms with Gasteiger partial charge in [-0.3, -0.25) is 9.59 Å². The largest absolute Gasteiger partial charge is 0.486 e. The number of nitrogens with zero attached hydrogens (tertiary/aromatic N) is 2. The van der Waals surface area contributed by atoms with E-state index in [1.165, 1.54) is 0 Å². The molecule has 0 saturated carbocycles. The second kappa shape index (κ2) is 7.10. The van der Waals surface area contributed by atoms with Crippen molar-refractivity contribution in [2.24, 2.45) is 0 Å². The molecule has 0 aromatic heterocycles. The van der Waals surface area contributed by atoms with Crippen LogP contribution in [0.15, 0.2) is 36.4 Å². The summed E-state index contributed by atoms with van der Waals surface area (Å²) in [5, 5.41) is 0. The Hall–Kier alpha value is -3.02. The molecule has 2 aromatic rings. The molecule has 1 fully saturated rings. The number of anilines is 1. The van der Waals surface area contributed by atoms with Crippen LogP contribution in [0.25, 0.3) is 0 Å². The van der Waals surface area contributed by atoms with Gasteiger partial charge in [-0.2, -0.15) is 0 Å². The van der Waals surface area contributed by atoms with E-state index >= 15 is 0 Å². The van der Waals surface area contributed by atoms with Crippen LogP contribution >= 0.6 is 0 Å². The number of rotatable bonds is 2. The van der Waals surface area contributed by atoms with E-state index in [9.17, 15) is 9.59 Å². The maximum absolute atomic E-state index is 13.3. The molecular formula is C23H24N2O4. The van der Waals surface area contributed by atoms with Crippen LogP contribution in [0, 0.1) is 0 Å². The predicted octanol–water partition coefficient (Wildman–Crippen LogP) is 3.34. The fourth-order valence-corrected chi connectivity index (χ4v) is 4.65. The number of hydrogen-bond donors (Lipinski definition) is 0. The first-order valence-corrected chi connectivity index (χ1v) is 10.2. The lowest BCUT2D eigenvalue weighted by Crippen LogP contribution is -2.30. The molecule has 5 rings (SSSR count). The van der Waals surface area contributed by atoms with E-state index in [1.54, 1.807) is 11.8 Å². The van der Waals surface area contributed by atoms with E-state index < -0.39 is 0 Å². The van der Waals surface area contributed by atoms with Crippen LogP contribution in [0.5, 0.6) is 11.5 Å². The molecule has 150 valence electrons. The quantitative estimate of drug-likeness (QED) is 0.787. The van der Waals surface area contributed by atoms with E-state index in [0.717, 1.165) is 54.1 Å². The van der Waals surface area contributed by atoms with Crippen molar-refractivity contribution in [3.63, 3.8) is 0 Å². The summed E-state index contributed by atoms with van der Waals surface area (Å²) in [6.45, 7) is 4.13. The minimum absolute atomic E-state index is 0.0419. The first-order valence-electron chi connectivity index (χ1n) is 10.2. The Morgan fingerprint density at radius 2 is 1.83 bits per heavy atom. The van der Waals surface area contributed by atoms with E-state index in [2.05, 4.69) is 0 Å². The van der Waals surface area contributed by atoms with Gasteiger partial charge in [-0.15, -0.1) is 0 Å². The van der Waals surface area contributed by atoms with Crippen molar-refractivity contribution >= 4 is 17.5 Å². The number of likely N-dealkylation sites (tertiary alicyclic amines) is 1. The lowest BCUT2D eigenvalue weighted by molar-refractivity contribution is -0.116. The number of carbonyl (C=O) groups is 2. The molecule has 0 spiro atoms. The van der Waals surface area contributed by atoms with Gasteiger partial charge in [0.25, 0.3) is 5.91 Å². The second-order valence-corrected chi connectivity index (χ2v) is 7.82. The zero-order valence-corrected chi connectivity index (χ0v) is 16.5. The van der Waals surface area contributed by atoms with Gasteiger partial charge in [-0.25, -0.2) is 0 Å². The third kappa shape index (κ3) is 3.12. The fraction of sp³-hybridized carbons (Fsp3) is 0.391. The molecule has 2 amide bonds. The number of ether oxygens (including phenoxy) is 2. The van der Waals surface area contributed by atoms with Crippen LogP contribution < -0.4 is 14.4 Å². The third-order valence-electron chi connectivity index (χ3n) is 6.07. The summed E-state index contributed by atoms with van der Waals surface area (Å²) < 4.78 is 11.3. The van der Waals surface area contributed by atoms with Crippen molar-refractivity contribution in [3.05, 3.63) is 53.1 Å². The number of amides is 2. The highest BCUT2D eigenvalue weighted by Gasteiger charge is 2.32. The highest BCUT2D eigenvalue weighted by molar-refractivity contribution is 5.98. The molecule has 1 unspecified atom stereocenters. The van der Waals surface area contributed by atoms with Gasteiger partial charge >= 0.3 is 0 Å². The second-order valence-electron chi connectivity index (χ2n) is 7.82. The van der Waals surface area contributed by atoms with E-state index in [0.29, 0.717) is 25.3 Å². The predicted molar refractivity (Wildman–Crippen MR) is 109 cm³/mol. The summed E-state index contributed by atoms with van der Waals surface area (Å²) in [5.41, 5.74) is 3.78. The molecule has 6 heteroatoms. The zero-order valence-electron chi connectivity index (χ0n) is 16.5. The zero-order chi connectivity index (χ0) is 20.0. The van der Waals surface area contributed by atoms with Gasteiger partial charge in [0, 0.05) is 31.3 Å². The van der Waals surface area contributed by atoms with Crippen molar-refractivity contribution in [1.29, 1.82) is 0 Å². The molecule has 0 radical (unpaired) electrons. The van der Waals surface area contributed by atoms with E-state index in [1.807, 2.05) is 41.3 Å². The van der Waals surface area contributed by atoms with Gasteiger partial charge < -0.3 is 19.3 Å². The SMILES string of the molecule is CC(=O)N1CCc2cc(C(=O)N3CCCC3c3ccc4c(c3)OCCO4)ccc21. The van der Waals surface area contributed by atoms with Gasteiger partial charge in [0.2, 0.25) is 5.91 Å². The number of fused-ring (bicyclic) bond motifs is 2. The Kier molecular flexibility index (Phi) is 4.42. The molecule has 1 atom stereocenters. The van der Waals surface area contributed by atoms with Crippen molar-refractivity contribution in [2.75, 3.05) is 31.2 Å². The van der Waals surface area contributed by atoms with Crippen LogP contribution in [0.3, 0.4) is 0 Å². The van der Waals surface area contributed by atoms with Crippen LogP contribution in [0.4, 0.5) is 5.69 Å². The number of carbonyl (C=O) groups excluding carboxylic acids is 2. The molecule has 0 aliphatic carbocycles. The summed E-state index contributed by atoms with van der Waals surface area (Å²) in [6.07, 6.45) is 2.71. The highest BCUT2D eigenvalue weighted by Crippen LogP contribution is 2.39. The highest BCUT2D eigenvalue weighted by atomic mass is 16.6. The molecule has 3 aliphatic heterocycles. The Bertz CT molecular complexity index is 987. The van der Waals surface area contributed by atoms with Crippen molar-refractivity contribution in [2.45, 2.75) is 32.2 Å². The van der Waals surface area contributed by atoms with Crippen molar-refractivity contribution in [3.8, 4) is 11.5 Å². The van der Waals surface area contributed by atoms with Gasteiger partial charge in [-0.05, 0) is 60.7 Å². The van der Waals surface area contributed by atoms with E-state index in [4.69, 9.17) is 9.47 Å². The number of benzene rings is 2. The lowest BCUT2D eigenvalue weighted by Gasteiger charge is -2.27. The van der Waals surface area contributed by atoms with Gasteiger partial charge in [0.1, 0.15) is 13.2 Å². The van der Waals surface area contributed by atoms with Gasteiger partial charge in [0.15, 0.2) is 11.5 Å². The van der Waals surface area contributed by atoms with Crippen LogP contribution in [0.2, 0.25) is 0 Å². The van der Waals surface area contributed by atoms with Crippen LogP contribution in [0.1, 0.15) is 47.3 Å². The Labute approximate surface area is 170 Å². The summed E-state index contributed by atoms with van der Waals surface area (Å²) in [7, 11) is 0. The topological polar surface area (TPSA) is 59.1 Å². The Balaban J connectivity index is 1.40. The molecule has 0 bridgehead atoms. The minimum Gasteiger partial charge on any atom is -0.486 e. The van der Waals surface area contributed by atoms with Gasteiger partial charge in [0.05, 0.1) is 6.04 Å². The lowest BCUT2D eigenvalue weighted by atomic mass is 10.0. The summed E-state index contributed by atoms with van der Waals surface area (Å²) in [6, 6.07) is 11.7. The Morgan fingerprint density at radius 3 is 2.66 bits per heavy atom. The molecular weight excluding hydrogens is 368 g/mol. The summed E-state index contributed by atoms with van der Waals surface area (Å²) >= 11 is 0. The summed E-state index contributed by atoms with van der Waals surface area (Å²) in [4.78, 5) is 28.8. The molecule has 29 heavy (non-hydrogen) atoms. The summed E-state index contributed by atoms with van der Waals surface area (Å²) in [5.74, 6) is 1.62. The molecule has 6 nitrogen and oxygen atoms in total. The van der Waals surface area contributed by atoms with Crippen LogP contribution in [-0.2, 0) is 11.2 Å². The standard InChI is InChI=1S/C23H24N2O4/c1-15(26)24-10-8-17-13-18(4-6-20(17)24)23(27)25-9-2-3-19(25)16-5-7-21-22(14-16)29-12-11-28-21/h4-7,13-14,19H,2-3,8-12H2,1H3. The normalized spacial score (nSPS) is 20.0. The fourth-order valence-electron chi connectivity index (χ4n) is 4.65. The Morgan fingerprint density at radius 1 is 1.00 bits per heavy atom. The average Bonchev–Trinajstić information content (AvgIpc) is 3.39. The van der Waals surface area contributed by atoms with Crippen molar-refractivity contribution in [1.82, 2.24) is 4.90 Å². The van der Waals surface area contributed by atoms with Gasteiger partial charge in [-0.1, -0.05) is 6.07 Å². The molecule has 3 aliphatic rings. The third-order valence-corrected chi connectivity index (χ3v) is 6.07.